The Morgan fingerprint density at radius 2 is 1.82 bits per heavy atom. The third-order valence-corrected chi connectivity index (χ3v) is 4.83. The van der Waals surface area contributed by atoms with E-state index in [4.69, 9.17) is 5.11 Å². The fourth-order valence-electron chi connectivity index (χ4n) is 1.94. The van der Waals surface area contributed by atoms with Crippen molar-refractivity contribution in [2.45, 2.75) is 31.8 Å². The van der Waals surface area contributed by atoms with Gasteiger partial charge in [0.2, 0.25) is 10.0 Å². The first-order chi connectivity index (χ1) is 9.95. The predicted molar refractivity (Wildman–Crippen MR) is 73.5 cm³/mol. The molecule has 9 heteroatoms. The zero-order valence-electron chi connectivity index (χ0n) is 12.0. The lowest BCUT2D eigenvalue weighted by atomic mass is 10.1. The number of nitrogens with zero attached hydrogens (tertiary/aromatic N) is 1. The number of benzene rings is 1. The number of carboxylic acids is 1. The largest absolute Gasteiger partial charge is 0.480 e. The van der Waals surface area contributed by atoms with E-state index < -0.39 is 51.6 Å². The summed E-state index contributed by atoms with van der Waals surface area (Å²) in [4.78, 5) is 10.8. The number of sulfonamides is 1. The topological polar surface area (TPSA) is 74.7 Å². The van der Waals surface area contributed by atoms with Crippen molar-refractivity contribution < 1.29 is 31.5 Å². The van der Waals surface area contributed by atoms with Crippen molar-refractivity contribution in [3.63, 3.8) is 0 Å². The van der Waals surface area contributed by atoms with E-state index in [2.05, 4.69) is 0 Å². The monoisotopic (exact) mass is 339 g/mol. The van der Waals surface area contributed by atoms with Gasteiger partial charge in [-0.15, -0.1) is 0 Å². The highest BCUT2D eigenvalue weighted by Crippen LogP contribution is 2.33. The average molecular weight is 339 g/mol. The van der Waals surface area contributed by atoms with Crippen LogP contribution >= 0.6 is 0 Å². The lowest BCUT2D eigenvalue weighted by Gasteiger charge is -2.24. The Morgan fingerprint density at radius 3 is 2.27 bits per heavy atom. The van der Waals surface area contributed by atoms with E-state index in [0.717, 1.165) is 18.2 Å². The van der Waals surface area contributed by atoms with Gasteiger partial charge in [0.15, 0.2) is 0 Å². The quantitative estimate of drug-likeness (QED) is 0.863. The standard InChI is InChI=1S/C13H16F3NO4S/c1-9(2)17(7-12(18)19)22(20,21)8-10-5-3-4-6-11(10)13(14,15)16/h3-6,9H,7-8H2,1-2H3,(H,18,19). The predicted octanol–water partition coefficient (Wildman–Crippen LogP) is 2.33. The van der Waals surface area contributed by atoms with Crippen molar-refractivity contribution in [2.75, 3.05) is 6.54 Å². The van der Waals surface area contributed by atoms with Crippen LogP contribution in [-0.4, -0.2) is 36.4 Å². The van der Waals surface area contributed by atoms with Crippen LogP contribution in [0.3, 0.4) is 0 Å². The van der Waals surface area contributed by atoms with Crippen molar-refractivity contribution in [3.05, 3.63) is 35.4 Å². The van der Waals surface area contributed by atoms with Crippen molar-refractivity contribution >= 4 is 16.0 Å². The maximum absolute atomic E-state index is 12.9. The van der Waals surface area contributed by atoms with E-state index in [-0.39, 0.29) is 0 Å². The summed E-state index contributed by atoms with van der Waals surface area (Å²) in [6, 6.07) is 3.65. The Balaban J connectivity index is 3.19. The number of aliphatic carboxylic acids is 1. The lowest BCUT2D eigenvalue weighted by molar-refractivity contribution is -0.138. The first-order valence-corrected chi connectivity index (χ1v) is 7.92. The van der Waals surface area contributed by atoms with E-state index >= 15 is 0 Å². The molecule has 0 aliphatic carbocycles. The Kier molecular flexibility index (Phi) is 5.58. The fraction of sp³-hybridized carbons (Fsp3) is 0.462. The number of alkyl halides is 3. The van der Waals surface area contributed by atoms with Crippen LogP contribution in [0, 0.1) is 0 Å². The molecule has 0 spiro atoms. The van der Waals surface area contributed by atoms with Gasteiger partial charge in [0.25, 0.3) is 0 Å². The van der Waals surface area contributed by atoms with Crippen molar-refractivity contribution in [3.8, 4) is 0 Å². The molecule has 0 amide bonds. The smallest absolute Gasteiger partial charge is 0.416 e. The summed E-state index contributed by atoms with van der Waals surface area (Å²) in [5.41, 5.74) is -1.45. The summed E-state index contributed by atoms with van der Waals surface area (Å²) in [5.74, 6) is -2.28. The van der Waals surface area contributed by atoms with Crippen molar-refractivity contribution in [1.29, 1.82) is 0 Å². The molecular weight excluding hydrogens is 323 g/mol. The van der Waals surface area contributed by atoms with Crippen LogP contribution < -0.4 is 0 Å². The highest BCUT2D eigenvalue weighted by atomic mass is 32.2. The second-order valence-corrected chi connectivity index (χ2v) is 6.87. The molecule has 22 heavy (non-hydrogen) atoms. The third kappa shape index (κ3) is 4.70. The van der Waals surface area contributed by atoms with Gasteiger partial charge >= 0.3 is 12.1 Å². The summed E-state index contributed by atoms with van der Waals surface area (Å²) in [5, 5.41) is 8.76. The van der Waals surface area contributed by atoms with Gasteiger partial charge in [-0.05, 0) is 25.5 Å². The van der Waals surface area contributed by atoms with Gasteiger partial charge in [-0.2, -0.15) is 17.5 Å². The number of rotatable bonds is 6. The SMILES string of the molecule is CC(C)N(CC(=O)O)S(=O)(=O)Cc1ccccc1C(F)(F)F. The van der Waals surface area contributed by atoms with Gasteiger partial charge in [-0.25, -0.2) is 8.42 Å². The molecule has 5 nitrogen and oxygen atoms in total. The second-order valence-electron chi connectivity index (χ2n) is 4.94. The molecule has 0 bridgehead atoms. The average Bonchev–Trinajstić information content (AvgIpc) is 2.34. The minimum absolute atomic E-state index is 0.411. The Labute approximate surface area is 126 Å². The molecule has 0 heterocycles. The summed E-state index contributed by atoms with van der Waals surface area (Å²) in [6.07, 6.45) is -4.68. The summed E-state index contributed by atoms with van der Waals surface area (Å²) >= 11 is 0. The molecule has 1 aromatic rings. The number of carbonyl (C=O) groups is 1. The molecule has 0 atom stereocenters. The minimum atomic E-state index is -4.68. The molecular formula is C13H16F3NO4S. The number of halogens is 3. The van der Waals surface area contributed by atoms with Gasteiger partial charge in [-0.3, -0.25) is 4.79 Å². The van der Waals surface area contributed by atoms with Crippen LogP contribution in [0.4, 0.5) is 13.2 Å². The molecule has 0 aliphatic heterocycles. The molecule has 0 fully saturated rings. The van der Waals surface area contributed by atoms with Crippen molar-refractivity contribution in [2.24, 2.45) is 0 Å². The van der Waals surface area contributed by atoms with Gasteiger partial charge in [-0.1, -0.05) is 18.2 Å². The molecule has 0 aliphatic rings. The minimum Gasteiger partial charge on any atom is -0.480 e. The van der Waals surface area contributed by atoms with E-state index in [9.17, 15) is 26.4 Å². The number of hydrogen-bond donors (Lipinski definition) is 1. The Morgan fingerprint density at radius 1 is 1.27 bits per heavy atom. The van der Waals surface area contributed by atoms with Crippen molar-refractivity contribution in [1.82, 2.24) is 4.31 Å². The van der Waals surface area contributed by atoms with Gasteiger partial charge < -0.3 is 5.11 Å². The summed E-state index contributed by atoms with van der Waals surface area (Å²) < 4.78 is 63.8. The number of hydrogen-bond acceptors (Lipinski definition) is 3. The first kappa shape index (κ1) is 18.4. The molecule has 1 aromatic carbocycles. The maximum Gasteiger partial charge on any atom is 0.416 e. The van der Waals surface area contributed by atoms with Crippen LogP contribution in [0.15, 0.2) is 24.3 Å². The van der Waals surface area contributed by atoms with E-state index in [1.54, 1.807) is 0 Å². The first-order valence-electron chi connectivity index (χ1n) is 6.31. The summed E-state index contributed by atoms with van der Waals surface area (Å²) in [6.45, 7) is 2.11. The third-order valence-electron chi connectivity index (χ3n) is 2.89. The van der Waals surface area contributed by atoms with Gasteiger partial charge in [0.05, 0.1) is 11.3 Å². The number of carboxylic acid groups (broad SMARTS) is 1. The zero-order valence-corrected chi connectivity index (χ0v) is 12.8. The molecule has 0 aromatic heterocycles. The Hall–Kier alpha value is -1.61. The lowest BCUT2D eigenvalue weighted by Crippen LogP contribution is -2.41. The molecule has 0 saturated carbocycles. The zero-order chi connectivity index (χ0) is 17.1. The van der Waals surface area contributed by atoms with Crippen LogP contribution in [0.25, 0.3) is 0 Å². The maximum atomic E-state index is 12.9. The molecule has 1 N–H and O–H groups in total. The highest BCUT2D eigenvalue weighted by molar-refractivity contribution is 7.88. The molecule has 0 saturated heterocycles. The van der Waals surface area contributed by atoms with Crippen LogP contribution in [-0.2, 0) is 26.7 Å². The Bertz CT molecular complexity index is 641. The fourth-order valence-corrected chi connectivity index (χ4v) is 3.70. The van der Waals surface area contributed by atoms with Crippen LogP contribution in [0.5, 0.6) is 0 Å². The van der Waals surface area contributed by atoms with Crippen LogP contribution in [0.1, 0.15) is 25.0 Å². The van der Waals surface area contributed by atoms with Crippen LogP contribution in [0.2, 0.25) is 0 Å². The molecule has 0 unspecified atom stereocenters. The normalized spacial score (nSPS) is 12.9. The summed E-state index contributed by atoms with van der Waals surface area (Å²) in [7, 11) is -4.20. The second kappa shape index (κ2) is 6.66. The highest BCUT2D eigenvalue weighted by Gasteiger charge is 2.35. The molecule has 124 valence electrons. The molecule has 0 radical (unpaired) electrons. The van der Waals surface area contributed by atoms with E-state index in [1.165, 1.54) is 19.9 Å². The van der Waals surface area contributed by atoms with E-state index in [0.29, 0.717) is 4.31 Å². The van der Waals surface area contributed by atoms with E-state index in [1.807, 2.05) is 0 Å². The van der Waals surface area contributed by atoms with Gasteiger partial charge in [0.1, 0.15) is 6.54 Å². The molecule has 1 rings (SSSR count). The van der Waals surface area contributed by atoms with Gasteiger partial charge in [0, 0.05) is 6.04 Å².